The first-order chi connectivity index (χ1) is 16.3. The van der Waals surface area contributed by atoms with Gasteiger partial charge in [0.05, 0.1) is 26.1 Å². The van der Waals surface area contributed by atoms with Crippen LogP contribution in [0.4, 0.5) is 0 Å². The highest BCUT2D eigenvalue weighted by atomic mass is 16.7. The number of hydrogen-bond acceptors (Lipinski definition) is 7. The Labute approximate surface area is 199 Å². The largest absolute Gasteiger partial charge is 0.466 e. The summed E-state index contributed by atoms with van der Waals surface area (Å²) in [6.45, 7) is 8.13. The van der Waals surface area contributed by atoms with E-state index in [0.717, 1.165) is 11.3 Å². The van der Waals surface area contributed by atoms with E-state index in [-0.39, 0.29) is 57.2 Å². The van der Waals surface area contributed by atoms with Gasteiger partial charge in [-0.2, -0.15) is 0 Å². The molecule has 0 saturated carbocycles. The van der Waals surface area contributed by atoms with Crippen molar-refractivity contribution in [1.82, 2.24) is 9.80 Å². The van der Waals surface area contributed by atoms with E-state index in [1.165, 1.54) is 4.90 Å². The first-order valence-electron chi connectivity index (χ1n) is 11.4. The number of esters is 1. The average Bonchev–Trinajstić information content (AvgIpc) is 3.43. The van der Waals surface area contributed by atoms with Crippen LogP contribution in [0.2, 0.25) is 0 Å². The number of carbonyl (C=O) groups excluding carboxylic acids is 3. The molecule has 9 heteroatoms. The molecule has 34 heavy (non-hydrogen) atoms. The number of carbonyl (C=O) groups is 3. The Morgan fingerprint density at radius 2 is 1.76 bits per heavy atom. The topological polar surface area (TPSA) is 98.5 Å². The minimum atomic E-state index is -0.427. The second-order valence-corrected chi connectivity index (χ2v) is 8.37. The first kappa shape index (κ1) is 25.1. The van der Waals surface area contributed by atoms with Crippen molar-refractivity contribution >= 4 is 17.8 Å². The lowest BCUT2D eigenvalue weighted by molar-refractivity contribution is -0.147. The van der Waals surface area contributed by atoms with Crippen LogP contribution < -0.4 is 9.47 Å². The molecule has 0 N–H and O–H groups in total. The van der Waals surface area contributed by atoms with Crippen molar-refractivity contribution in [2.45, 2.75) is 59.7 Å². The van der Waals surface area contributed by atoms with Crippen LogP contribution in [-0.2, 0) is 32.2 Å². The molecule has 0 unspecified atom stereocenters. The molecule has 0 bridgehead atoms. The van der Waals surface area contributed by atoms with E-state index in [4.69, 9.17) is 18.6 Å². The number of ether oxygens (including phenoxy) is 3. The zero-order valence-electron chi connectivity index (χ0n) is 20.2. The smallest absolute Gasteiger partial charge is 0.306 e. The first-order valence-corrected chi connectivity index (χ1v) is 11.4. The molecule has 0 saturated heterocycles. The van der Waals surface area contributed by atoms with Gasteiger partial charge in [0, 0.05) is 19.0 Å². The van der Waals surface area contributed by atoms with Crippen molar-refractivity contribution in [1.29, 1.82) is 0 Å². The fourth-order valence-electron chi connectivity index (χ4n) is 3.64. The molecule has 1 aliphatic rings. The van der Waals surface area contributed by atoms with Gasteiger partial charge in [-0.1, -0.05) is 6.07 Å². The molecule has 0 spiro atoms. The number of hydrogen-bond donors (Lipinski definition) is 0. The Bertz CT molecular complexity index is 1010. The second-order valence-electron chi connectivity index (χ2n) is 8.37. The Hall–Kier alpha value is -3.49. The number of nitrogens with zero attached hydrogens (tertiary/aromatic N) is 2. The molecule has 2 aromatic rings. The number of fused-ring (bicyclic) bond motifs is 1. The lowest BCUT2D eigenvalue weighted by Gasteiger charge is -2.30. The van der Waals surface area contributed by atoms with Gasteiger partial charge in [-0.15, -0.1) is 0 Å². The van der Waals surface area contributed by atoms with E-state index in [0.29, 0.717) is 23.8 Å². The van der Waals surface area contributed by atoms with Crippen molar-refractivity contribution in [3.05, 3.63) is 47.4 Å². The van der Waals surface area contributed by atoms with Crippen molar-refractivity contribution in [3.63, 3.8) is 0 Å². The van der Waals surface area contributed by atoms with Gasteiger partial charge < -0.3 is 28.4 Å². The maximum Gasteiger partial charge on any atom is 0.306 e. The van der Waals surface area contributed by atoms with Crippen molar-refractivity contribution in [3.8, 4) is 11.5 Å². The number of amides is 2. The maximum atomic E-state index is 13.4. The highest BCUT2D eigenvalue weighted by Gasteiger charge is 2.25. The molecule has 1 aromatic heterocycles. The fourth-order valence-corrected chi connectivity index (χ4v) is 3.64. The van der Waals surface area contributed by atoms with E-state index >= 15 is 0 Å². The average molecular weight is 473 g/mol. The van der Waals surface area contributed by atoms with Crippen molar-refractivity contribution in [2.24, 2.45) is 0 Å². The zero-order valence-corrected chi connectivity index (χ0v) is 20.2. The Kier molecular flexibility index (Phi) is 8.56. The summed E-state index contributed by atoms with van der Waals surface area (Å²) in [5.41, 5.74) is 0.866. The summed E-state index contributed by atoms with van der Waals surface area (Å²) in [6, 6.07) is 9.01. The third-order valence-electron chi connectivity index (χ3n) is 5.40. The molecule has 0 radical (unpaired) electrons. The van der Waals surface area contributed by atoms with Crippen molar-refractivity contribution in [2.75, 3.05) is 19.9 Å². The van der Waals surface area contributed by atoms with Crippen LogP contribution in [0.5, 0.6) is 11.5 Å². The molecule has 2 amide bonds. The van der Waals surface area contributed by atoms with Crippen molar-refractivity contribution < 1.29 is 33.0 Å². The number of benzene rings is 1. The van der Waals surface area contributed by atoms with Gasteiger partial charge in [0.2, 0.25) is 18.6 Å². The number of aryl methyl sites for hydroxylation is 1. The van der Waals surface area contributed by atoms with E-state index < -0.39 is 5.97 Å². The van der Waals surface area contributed by atoms with Crippen LogP contribution in [0.1, 0.15) is 50.7 Å². The summed E-state index contributed by atoms with van der Waals surface area (Å²) >= 11 is 0. The van der Waals surface area contributed by atoms with Crippen LogP contribution in [-0.4, -0.2) is 53.6 Å². The van der Waals surface area contributed by atoms with Crippen LogP contribution in [0.15, 0.2) is 34.7 Å². The number of rotatable bonds is 11. The number of furan rings is 1. The van der Waals surface area contributed by atoms with E-state index in [2.05, 4.69) is 0 Å². The molecular weight excluding hydrogens is 440 g/mol. The molecule has 0 fully saturated rings. The Morgan fingerprint density at radius 1 is 1.00 bits per heavy atom. The van der Waals surface area contributed by atoms with E-state index in [1.54, 1.807) is 11.8 Å². The molecule has 0 aliphatic carbocycles. The van der Waals surface area contributed by atoms with Gasteiger partial charge in [-0.25, -0.2) is 0 Å². The maximum absolute atomic E-state index is 13.4. The summed E-state index contributed by atoms with van der Waals surface area (Å²) < 4.78 is 21.4. The summed E-state index contributed by atoms with van der Waals surface area (Å²) in [5.74, 6) is 1.78. The summed E-state index contributed by atoms with van der Waals surface area (Å²) in [5, 5.41) is 0. The third kappa shape index (κ3) is 6.76. The van der Waals surface area contributed by atoms with Crippen LogP contribution in [0.25, 0.3) is 0 Å². The molecule has 1 aliphatic heterocycles. The predicted molar refractivity (Wildman–Crippen MR) is 123 cm³/mol. The molecule has 184 valence electrons. The van der Waals surface area contributed by atoms with Crippen LogP contribution in [0.3, 0.4) is 0 Å². The lowest BCUT2D eigenvalue weighted by atomic mass is 10.1. The normalized spacial score (nSPS) is 12.0. The Balaban J connectivity index is 1.73. The zero-order chi connectivity index (χ0) is 24.7. The molecule has 1 aromatic carbocycles. The van der Waals surface area contributed by atoms with E-state index in [1.807, 2.05) is 51.1 Å². The van der Waals surface area contributed by atoms with Gasteiger partial charge >= 0.3 is 5.97 Å². The quantitative estimate of drug-likeness (QED) is 0.462. The third-order valence-corrected chi connectivity index (χ3v) is 5.40. The van der Waals surface area contributed by atoms with E-state index in [9.17, 15) is 14.4 Å². The fraction of sp³-hybridized carbons (Fsp3) is 0.480. The molecule has 9 nitrogen and oxygen atoms in total. The molecule has 0 atom stereocenters. The highest BCUT2D eigenvalue weighted by Crippen LogP contribution is 2.33. The highest BCUT2D eigenvalue weighted by molar-refractivity contribution is 5.86. The van der Waals surface area contributed by atoms with Gasteiger partial charge in [0.15, 0.2) is 11.5 Å². The molecular formula is C25H32N2O7. The van der Waals surface area contributed by atoms with Gasteiger partial charge in [0.1, 0.15) is 11.5 Å². The lowest BCUT2D eigenvalue weighted by Crippen LogP contribution is -2.45. The minimum Gasteiger partial charge on any atom is -0.466 e. The molecule has 2 heterocycles. The standard InChI is InChI=1S/C25H32N2O7/c1-5-31-25(30)11-10-23(28)27(17(2)3)15-24(29)26(14-20-8-6-18(4)34-20)13-19-7-9-21-22(12-19)33-16-32-21/h6-9,12,17H,5,10-11,13-16H2,1-4H3. The molecule has 3 rings (SSSR count). The van der Waals surface area contributed by atoms with Gasteiger partial charge in [-0.3, -0.25) is 14.4 Å². The summed E-state index contributed by atoms with van der Waals surface area (Å²) in [7, 11) is 0. The minimum absolute atomic E-state index is 0.0101. The SMILES string of the molecule is CCOC(=O)CCC(=O)N(CC(=O)N(Cc1ccc2c(c1)OCO2)Cc1ccc(C)o1)C(C)C. The van der Waals surface area contributed by atoms with Gasteiger partial charge in [0.25, 0.3) is 0 Å². The summed E-state index contributed by atoms with van der Waals surface area (Å²) in [4.78, 5) is 41.0. The predicted octanol–water partition coefficient (Wildman–Crippen LogP) is 3.43. The van der Waals surface area contributed by atoms with Crippen LogP contribution >= 0.6 is 0 Å². The summed E-state index contributed by atoms with van der Waals surface area (Å²) in [6.07, 6.45) is -0.0273. The second kappa shape index (κ2) is 11.6. The van der Waals surface area contributed by atoms with Gasteiger partial charge in [-0.05, 0) is 57.5 Å². The van der Waals surface area contributed by atoms with Crippen LogP contribution in [0, 0.1) is 6.92 Å². The monoisotopic (exact) mass is 472 g/mol. The Morgan fingerprint density at radius 3 is 2.44 bits per heavy atom.